The van der Waals surface area contributed by atoms with Crippen LogP contribution in [0.15, 0.2) is 0 Å². The summed E-state index contributed by atoms with van der Waals surface area (Å²) in [6, 6.07) is 0.377. The lowest BCUT2D eigenvalue weighted by Gasteiger charge is -2.31. The number of carbonyl (C=O) groups is 1. The molecule has 1 amide bonds. The van der Waals surface area contributed by atoms with E-state index in [1.165, 1.54) is 12.8 Å². The molecule has 0 radical (unpaired) electrons. The van der Waals surface area contributed by atoms with E-state index in [2.05, 4.69) is 20.8 Å². The van der Waals surface area contributed by atoms with Crippen molar-refractivity contribution in [1.82, 2.24) is 4.90 Å². The quantitative estimate of drug-likeness (QED) is 0.799. The maximum atomic E-state index is 12.2. The van der Waals surface area contributed by atoms with E-state index in [0.29, 0.717) is 19.0 Å². The van der Waals surface area contributed by atoms with Crippen LogP contribution >= 0.6 is 0 Å². The second-order valence-electron chi connectivity index (χ2n) is 5.99. The van der Waals surface area contributed by atoms with Crippen molar-refractivity contribution in [2.45, 2.75) is 58.9 Å². The Morgan fingerprint density at radius 1 is 1.31 bits per heavy atom. The molecule has 3 nitrogen and oxygen atoms in total. The monoisotopic (exact) mass is 227 g/mol. The van der Waals surface area contributed by atoms with Crippen LogP contribution in [0, 0.1) is 5.41 Å². The van der Waals surface area contributed by atoms with E-state index >= 15 is 0 Å². The van der Waals surface area contributed by atoms with Crippen LogP contribution in [0.2, 0.25) is 0 Å². The number of nitrogens with zero attached hydrogens (tertiary/aromatic N) is 1. The Kier molecular flexibility index (Phi) is 4.78. The molecule has 3 heteroatoms. The van der Waals surface area contributed by atoms with Crippen molar-refractivity contribution >= 4 is 5.91 Å². The summed E-state index contributed by atoms with van der Waals surface area (Å²) in [6.07, 6.45) is 5.22. The molecule has 16 heavy (non-hydrogen) atoms. The first-order valence-electron chi connectivity index (χ1n) is 6.34. The number of hydrogen-bond donors (Lipinski definition) is 1. The number of aliphatic hydroxyl groups is 1. The third-order valence-corrected chi connectivity index (χ3v) is 3.11. The highest BCUT2D eigenvalue weighted by Crippen LogP contribution is 2.26. The van der Waals surface area contributed by atoms with Gasteiger partial charge < -0.3 is 10.0 Å². The van der Waals surface area contributed by atoms with Crippen molar-refractivity contribution in [3.63, 3.8) is 0 Å². The third kappa shape index (κ3) is 4.12. The Balaban J connectivity index is 2.57. The summed E-state index contributed by atoms with van der Waals surface area (Å²) in [5.74, 6) is 0.202. The Morgan fingerprint density at radius 3 is 2.31 bits per heavy atom. The summed E-state index contributed by atoms with van der Waals surface area (Å²) < 4.78 is 0. The van der Waals surface area contributed by atoms with Gasteiger partial charge in [0.2, 0.25) is 5.91 Å². The first kappa shape index (κ1) is 13.5. The van der Waals surface area contributed by atoms with Gasteiger partial charge in [0.1, 0.15) is 0 Å². The Morgan fingerprint density at radius 2 is 1.88 bits per heavy atom. The molecule has 0 unspecified atom stereocenters. The molecule has 0 heterocycles. The minimum atomic E-state index is 0.0311. The van der Waals surface area contributed by atoms with Crippen molar-refractivity contribution in [3.05, 3.63) is 0 Å². The molecular weight excluding hydrogens is 202 g/mol. The van der Waals surface area contributed by atoms with E-state index in [0.717, 1.165) is 12.8 Å². The van der Waals surface area contributed by atoms with E-state index in [-0.39, 0.29) is 17.9 Å². The summed E-state index contributed by atoms with van der Waals surface area (Å²) >= 11 is 0. The van der Waals surface area contributed by atoms with Crippen LogP contribution in [0.1, 0.15) is 52.9 Å². The third-order valence-electron chi connectivity index (χ3n) is 3.11. The molecule has 0 aromatic carbocycles. The zero-order valence-corrected chi connectivity index (χ0v) is 10.8. The van der Waals surface area contributed by atoms with Gasteiger partial charge in [0, 0.05) is 19.0 Å². The maximum absolute atomic E-state index is 12.2. The predicted molar refractivity (Wildman–Crippen MR) is 65.1 cm³/mol. The van der Waals surface area contributed by atoms with Gasteiger partial charge in [-0.05, 0) is 18.3 Å². The summed E-state index contributed by atoms with van der Waals surface area (Å²) in [5.41, 5.74) is 0.0311. The van der Waals surface area contributed by atoms with Gasteiger partial charge in [-0.3, -0.25) is 4.79 Å². The lowest BCUT2D eigenvalue weighted by atomic mass is 9.91. The van der Waals surface area contributed by atoms with Gasteiger partial charge in [-0.2, -0.15) is 0 Å². The Bertz CT molecular complexity index is 227. The Hall–Kier alpha value is -0.570. The SMILES string of the molecule is CC(C)(C)CC(=O)N(CCO)C1CCCC1. The lowest BCUT2D eigenvalue weighted by molar-refractivity contribution is -0.135. The molecule has 0 aromatic heterocycles. The fourth-order valence-corrected chi connectivity index (χ4v) is 2.39. The number of rotatable bonds is 4. The fourth-order valence-electron chi connectivity index (χ4n) is 2.39. The number of carbonyl (C=O) groups excluding carboxylic acids is 1. The van der Waals surface area contributed by atoms with E-state index in [1.807, 2.05) is 4.90 Å². The van der Waals surface area contributed by atoms with Crippen LogP contribution in [0.3, 0.4) is 0 Å². The van der Waals surface area contributed by atoms with Crippen LogP contribution in [-0.2, 0) is 4.79 Å². The summed E-state index contributed by atoms with van der Waals surface area (Å²) in [6.45, 7) is 6.82. The Labute approximate surface area is 98.8 Å². The van der Waals surface area contributed by atoms with Crippen LogP contribution in [0.5, 0.6) is 0 Å². The first-order chi connectivity index (χ1) is 7.44. The van der Waals surface area contributed by atoms with Crippen LogP contribution in [0.25, 0.3) is 0 Å². The number of hydrogen-bond acceptors (Lipinski definition) is 2. The molecule has 0 saturated heterocycles. The molecule has 1 rings (SSSR count). The van der Waals surface area contributed by atoms with Crippen LogP contribution < -0.4 is 0 Å². The standard InChI is InChI=1S/C13H25NO2/c1-13(2,3)10-12(16)14(8-9-15)11-6-4-5-7-11/h11,15H,4-10H2,1-3H3. The highest BCUT2D eigenvalue weighted by Gasteiger charge is 2.28. The van der Waals surface area contributed by atoms with Gasteiger partial charge in [0.05, 0.1) is 6.61 Å². The second kappa shape index (κ2) is 5.67. The molecule has 1 aliphatic rings. The second-order valence-corrected chi connectivity index (χ2v) is 5.99. The van der Waals surface area contributed by atoms with Crippen molar-refractivity contribution < 1.29 is 9.90 Å². The van der Waals surface area contributed by atoms with Crippen molar-refractivity contribution in [2.75, 3.05) is 13.2 Å². The molecule has 0 aliphatic heterocycles. The minimum absolute atomic E-state index is 0.0311. The van der Waals surface area contributed by atoms with E-state index in [4.69, 9.17) is 5.11 Å². The highest BCUT2D eigenvalue weighted by atomic mass is 16.3. The molecular formula is C13H25NO2. The van der Waals surface area contributed by atoms with E-state index < -0.39 is 0 Å². The molecule has 0 spiro atoms. The molecule has 1 aliphatic carbocycles. The van der Waals surface area contributed by atoms with Gasteiger partial charge in [-0.25, -0.2) is 0 Å². The predicted octanol–water partition coefficient (Wildman–Crippen LogP) is 2.19. The van der Waals surface area contributed by atoms with Gasteiger partial charge in [0.15, 0.2) is 0 Å². The summed E-state index contributed by atoms with van der Waals surface area (Å²) in [7, 11) is 0. The molecule has 1 saturated carbocycles. The summed E-state index contributed by atoms with van der Waals surface area (Å²) in [5, 5.41) is 9.05. The topological polar surface area (TPSA) is 40.5 Å². The minimum Gasteiger partial charge on any atom is -0.395 e. The van der Waals surface area contributed by atoms with Crippen LogP contribution in [0.4, 0.5) is 0 Å². The molecule has 0 atom stereocenters. The van der Waals surface area contributed by atoms with E-state index in [1.54, 1.807) is 0 Å². The van der Waals surface area contributed by atoms with Gasteiger partial charge in [-0.1, -0.05) is 33.6 Å². The lowest BCUT2D eigenvalue weighted by Crippen LogP contribution is -2.42. The van der Waals surface area contributed by atoms with Gasteiger partial charge in [-0.15, -0.1) is 0 Å². The normalized spacial score (nSPS) is 17.8. The highest BCUT2D eigenvalue weighted by molar-refractivity contribution is 5.77. The molecule has 1 N–H and O–H groups in total. The van der Waals surface area contributed by atoms with Crippen LogP contribution in [-0.4, -0.2) is 35.1 Å². The zero-order valence-electron chi connectivity index (χ0n) is 10.8. The summed E-state index contributed by atoms with van der Waals surface area (Å²) in [4.78, 5) is 14.1. The fraction of sp³-hybridized carbons (Fsp3) is 0.923. The largest absolute Gasteiger partial charge is 0.395 e. The number of amides is 1. The maximum Gasteiger partial charge on any atom is 0.223 e. The first-order valence-corrected chi connectivity index (χ1v) is 6.34. The van der Waals surface area contributed by atoms with E-state index in [9.17, 15) is 4.79 Å². The number of aliphatic hydroxyl groups excluding tert-OH is 1. The zero-order chi connectivity index (χ0) is 12.2. The van der Waals surface area contributed by atoms with Gasteiger partial charge >= 0.3 is 0 Å². The van der Waals surface area contributed by atoms with Crippen molar-refractivity contribution in [2.24, 2.45) is 5.41 Å². The molecule has 0 bridgehead atoms. The molecule has 1 fully saturated rings. The average molecular weight is 227 g/mol. The molecule has 0 aromatic rings. The molecule has 94 valence electrons. The average Bonchev–Trinajstić information content (AvgIpc) is 2.63. The van der Waals surface area contributed by atoms with Crippen molar-refractivity contribution in [3.8, 4) is 0 Å². The smallest absolute Gasteiger partial charge is 0.223 e. The van der Waals surface area contributed by atoms with Gasteiger partial charge in [0.25, 0.3) is 0 Å². The van der Waals surface area contributed by atoms with Crippen molar-refractivity contribution in [1.29, 1.82) is 0 Å².